The lowest BCUT2D eigenvalue weighted by Gasteiger charge is -2.23. The van der Waals surface area contributed by atoms with Crippen LogP contribution in [0.1, 0.15) is 66.1 Å². The average Bonchev–Trinajstić information content (AvgIpc) is 2.31. The zero-order valence-corrected chi connectivity index (χ0v) is 13.1. The predicted molar refractivity (Wildman–Crippen MR) is 81.1 cm³/mol. The highest BCUT2D eigenvalue weighted by atomic mass is 14.6. The first-order chi connectivity index (χ1) is 8.27. The van der Waals surface area contributed by atoms with Gasteiger partial charge in [-0.2, -0.15) is 0 Å². The van der Waals surface area contributed by atoms with Crippen LogP contribution in [-0.4, -0.2) is 0 Å². The fourth-order valence-electron chi connectivity index (χ4n) is 2.74. The molecule has 0 aliphatic rings. The molecule has 102 valence electrons. The van der Waals surface area contributed by atoms with Crippen molar-refractivity contribution < 1.29 is 0 Å². The van der Waals surface area contributed by atoms with Gasteiger partial charge in [0.15, 0.2) is 0 Å². The van der Waals surface area contributed by atoms with Crippen molar-refractivity contribution in [2.24, 2.45) is 11.7 Å². The van der Waals surface area contributed by atoms with Gasteiger partial charge in [-0.05, 0) is 86.8 Å². The van der Waals surface area contributed by atoms with E-state index >= 15 is 0 Å². The first kappa shape index (κ1) is 15.2. The van der Waals surface area contributed by atoms with Crippen molar-refractivity contribution in [1.82, 2.24) is 0 Å². The summed E-state index contributed by atoms with van der Waals surface area (Å²) in [6.45, 7) is 15.6. The molecule has 0 unspecified atom stereocenters. The summed E-state index contributed by atoms with van der Waals surface area (Å²) in [6.07, 6.45) is 2.29. The van der Waals surface area contributed by atoms with Crippen molar-refractivity contribution in [3.8, 4) is 0 Å². The lowest BCUT2D eigenvalue weighted by molar-refractivity contribution is 0.505. The second-order valence-electron chi connectivity index (χ2n) is 6.12. The third-order valence-corrected chi connectivity index (χ3v) is 4.48. The maximum Gasteiger partial charge on any atom is 0.0300 e. The highest BCUT2D eigenvalue weighted by Gasteiger charge is 2.17. The van der Waals surface area contributed by atoms with Gasteiger partial charge in [-0.15, -0.1) is 0 Å². The summed E-state index contributed by atoms with van der Waals surface area (Å²) in [5.74, 6) is 0.726. The van der Waals surface area contributed by atoms with E-state index in [1.54, 1.807) is 0 Å². The predicted octanol–water partition coefficient (Wildman–Crippen LogP) is 4.66. The van der Waals surface area contributed by atoms with Crippen LogP contribution < -0.4 is 5.73 Å². The van der Waals surface area contributed by atoms with Crippen LogP contribution >= 0.6 is 0 Å². The van der Waals surface area contributed by atoms with Crippen LogP contribution in [0.15, 0.2) is 0 Å². The first-order valence-electron chi connectivity index (χ1n) is 7.09. The zero-order valence-electron chi connectivity index (χ0n) is 13.1. The Balaban J connectivity index is 3.16. The van der Waals surface area contributed by atoms with Gasteiger partial charge in [0.25, 0.3) is 0 Å². The van der Waals surface area contributed by atoms with Crippen molar-refractivity contribution in [2.75, 3.05) is 0 Å². The van der Waals surface area contributed by atoms with E-state index < -0.39 is 0 Å². The summed E-state index contributed by atoms with van der Waals surface area (Å²) in [4.78, 5) is 0. The fraction of sp³-hybridized carbons (Fsp3) is 0.647. The maximum atomic E-state index is 6.43. The second kappa shape index (κ2) is 5.88. The molecular formula is C17H29N. The van der Waals surface area contributed by atoms with E-state index in [0.29, 0.717) is 0 Å². The summed E-state index contributed by atoms with van der Waals surface area (Å²) in [5.41, 5.74) is 14.9. The first-order valence-corrected chi connectivity index (χ1v) is 7.09. The molecule has 0 spiro atoms. The van der Waals surface area contributed by atoms with E-state index in [-0.39, 0.29) is 6.04 Å². The highest BCUT2D eigenvalue weighted by molar-refractivity contribution is 5.50. The topological polar surface area (TPSA) is 26.0 Å². The largest absolute Gasteiger partial charge is 0.324 e. The Morgan fingerprint density at radius 3 is 1.50 bits per heavy atom. The van der Waals surface area contributed by atoms with Crippen LogP contribution in [0.3, 0.4) is 0 Å². The molecule has 0 aromatic heterocycles. The van der Waals surface area contributed by atoms with E-state index in [1.165, 1.54) is 39.8 Å². The highest BCUT2D eigenvalue weighted by Crippen LogP contribution is 2.31. The molecule has 0 saturated heterocycles. The monoisotopic (exact) mass is 247 g/mol. The molecule has 1 aromatic carbocycles. The van der Waals surface area contributed by atoms with Crippen molar-refractivity contribution in [3.63, 3.8) is 0 Å². The molecule has 0 aliphatic heterocycles. The molecule has 0 fully saturated rings. The number of hydrogen-bond acceptors (Lipinski definition) is 1. The third-order valence-electron chi connectivity index (χ3n) is 4.48. The van der Waals surface area contributed by atoms with Crippen LogP contribution in [-0.2, 0) is 0 Å². The summed E-state index contributed by atoms with van der Waals surface area (Å²) < 4.78 is 0. The third kappa shape index (κ3) is 2.95. The lowest BCUT2D eigenvalue weighted by Crippen LogP contribution is -2.16. The average molecular weight is 247 g/mol. The van der Waals surface area contributed by atoms with Crippen molar-refractivity contribution in [1.29, 1.82) is 0 Å². The second-order valence-corrected chi connectivity index (χ2v) is 6.12. The molecule has 0 amide bonds. The summed E-state index contributed by atoms with van der Waals surface area (Å²) in [6, 6.07) is 0.186. The van der Waals surface area contributed by atoms with Crippen LogP contribution in [0.5, 0.6) is 0 Å². The van der Waals surface area contributed by atoms with Gasteiger partial charge < -0.3 is 5.73 Å². The normalized spacial score (nSPS) is 13.2. The van der Waals surface area contributed by atoms with E-state index in [2.05, 4.69) is 48.5 Å². The zero-order chi connectivity index (χ0) is 14.0. The molecule has 1 nitrogen and oxygen atoms in total. The fourth-order valence-corrected chi connectivity index (χ4v) is 2.74. The smallest absolute Gasteiger partial charge is 0.0300 e. The van der Waals surface area contributed by atoms with Crippen molar-refractivity contribution >= 4 is 0 Å². The van der Waals surface area contributed by atoms with E-state index in [0.717, 1.165) is 12.3 Å². The molecule has 18 heavy (non-hydrogen) atoms. The van der Waals surface area contributed by atoms with E-state index in [4.69, 9.17) is 5.73 Å². The van der Waals surface area contributed by atoms with Gasteiger partial charge >= 0.3 is 0 Å². The van der Waals surface area contributed by atoms with Gasteiger partial charge in [-0.1, -0.05) is 13.8 Å². The molecule has 0 heterocycles. The Labute approximate surface area is 113 Å². The molecule has 0 aliphatic carbocycles. The minimum atomic E-state index is 0.186. The van der Waals surface area contributed by atoms with E-state index in [1.807, 2.05) is 0 Å². The minimum absolute atomic E-state index is 0.186. The Hall–Kier alpha value is -0.820. The van der Waals surface area contributed by atoms with Gasteiger partial charge in [0.2, 0.25) is 0 Å². The van der Waals surface area contributed by atoms with Gasteiger partial charge in [-0.25, -0.2) is 0 Å². The molecule has 1 rings (SSSR count). The minimum Gasteiger partial charge on any atom is -0.324 e. The van der Waals surface area contributed by atoms with E-state index in [9.17, 15) is 0 Å². The maximum absolute atomic E-state index is 6.43. The molecule has 2 N–H and O–H groups in total. The summed E-state index contributed by atoms with van der Waals surface area (Å²) in [5, 5.41) is 0. The van der Waals surface area contributed by atoms with Gasteiger partial charge in [0, 0.05) is 6.04 Å². The molecule has 0 saturated carbocycles. The quantitative estimate of drug-likeness (QED) is 0.822. The van der Waals surface area contributed by atoms with Crippen LogP contribution in [0, 0.1) is 40.5 Å². The molecule has 1 atom stereocenters. The molecular weight excluding hydrogens is 218 g/mol. The number of hydrogen-bond donors (Lipinski definition) is 1. The van der Waals surface area contributed by atoms with Crippen molar-refractivity contribution in [3.05, 3.63) is 33.4 Å². The molecule has 1 aromatic rings. The summed E-state index contributed by atoms with van der Waals surface area (Å²) >= 11 is 0. The van der Waals surface area contributed by atoms with Gasteiger partial charge in [0.05, 0.1) is 0 Å². The Kier molecular flexibility index (Phi) is 4.98. The van der Waals surface area contributed by atoms with Gasteiger partial charge in [0.1, 0.15) is 0 Å². The van der Waals surface area contributed by atoms with Crippen LogP contribution in [0.4, 0.5) is 0 Å². The molecule has 0 radical (unpaired) electrons. The Morgan fingerprint density at radius 1 is 0.722 bits per heavy atom. The number of nitrogens with two attached hydrogens (primary N) is 1. The Bertz CT molecular complexity index is 401. The van der Waals surface area contributed by atoms with Gasteiger partial charge in [-0.3, -0.25) is 0 Å². The molecule has 0 bridgehead atoms. The van der Waals surface area contributed by atoms with Crippen LogP contribution in [0.25, 0.3) is 0 Å². The number of benzene rings is 1. The van der Waals surface area contributed by atoms with Crippen LogP contribution in [0.2, 0.25) is 0 Å². The Morgan fingerprint density at radius 2 is 1.11 bits per heavy atom. The molecule has 1 heteroatoms. The lowest BCUT2D eigenvalue weighted by atomic mass is 9.85. The number of rotatable bonds is 4. The SMILES string of the molecule is Cc1c(C)c(C)c([C@H](N)CCC(C)C)c(C)c1C. The standard InChI is InChI=1S/C17H29N/c1-10(2)8-9-16(18)17-14(6)12(4)11(3)13(5)15(17)7/h10,16H,8-9,18H2,1-7H3/t16-/m1/s1. The van der Waals surface area contributed by atoms with Crippen molar-refractivity contribution in [2.45, 2.75) is 67.3 Å². The summed E-state index contributed by atoms with van der Waals surface area (Å²) in [7, 11) is 0.